The molecule has 1 N–H and O–H groups in total. The zero-order valence-electron chi connectivity index (χ0n) is 9.10. The molecule has 0 fully saturated rings. The quantitative estimate of drug-likeness (QED) is 0.899. The monoisotopic (exact) mass is 271 g/mol. The highest BCUT2D eigenvalue weighted by Gasteiger charge is 2.39. The Morgan fingerprint density at radius 1 is 1.29 bits per heavy atom. The molecule has 1 aliphatic rings. The predicted octanol–water partition coefficient (Wildman–Crippen LogP) is 2.60. The lowest BCUT2D eigenvalue weighted by molar-refractivity contribution is -0.134. The smallest absolute Gasteiger partial charge is 0.269 e. The molecular weight excluding hydrogens is 261 g/mol. The molecule has 5 heteroatoms. The third kappa shape index (κ3) is 2.06. The Balaban J connectivity index is 2.29. The topological polar surface area (TPSA) is 40.5 Å². The normalized spacial score (nSPS) is 22.2. The maximum Gasteiger partial charge on any atom is 0.269 e. The molecule has 1 aromatic rings. The number of aliphatic hydroxyl groups is 1. The largest absolute Gasteiger partial charge is 0.368 e. The highest BCUT2D eigenvalue weighted by atomic mass is 35.5. The predicted molar refractivity (Wildman–Crippen MR) is 66.4 cm³/mol. The first-order valence-electron chi connectivity index (χ1n) is 5.15. The number of carbonyl (C=O) groups excluding carboxylic acids is 1. The molecule has 0 aliphatic carbocycles. The second-order valence-corrected chi connectivity index (χ2v) is 4.62. The van der Waals surface area contributed by atoms with Gasteiger partial charge in [0, 0.05) is 0 Å². The molecule has 2 atom stereocenters. The molecular formula is C12H11Cl2NO2. The number of carbonyl (C=O) groups is 1. The van der Waals surface area contributed by atoms with Gasteiger partial charge in [-0.2, -0.15) is 0 Å². The summed E-state index contributed by atoms with van der Waals surface area (Å²) in [5.74, 6) is -0.444. The van der Waals surface area contributed by atoms with Crippen molar-refractivity contribution in [2.45, 2.75) is 19.2 Å². The van der Waals surface area contributed by atoms with E-state index >= 15 is 0 Å². The van der Waals surface area contributed by atoms with E-state index in [2.05, 4.69) is 0 Å². The van der Waals surface area contributed by atoms with E-state index in [1.165, 1.54) is 4.90 Å². The Morgan fingerprint density at radius 3 is 2.35 bits per heavy atom. The van der Waals surface area contributed by atoms with Gasteiger partial charge in [0.2, 0.25) is 0 Å². The van der Waals surface area contributed by atoms with Gasteiger partial charge in [-0.25, -0.2) is 0 Å². The number of nitrogens with zero attached hydrogens (tertiary/aromatic N) is 1. The molecule has 2 unspecified atom stereocenters. The van der Waals surface area contributed by atoms with Gasteiger partial charge in [0.25, 0.3) is 5.91 Å². The maximum atomic E-state index is 11.8. The molecule has 2 rings (SSSR count). The van der Waals surface area contributed by atoms with Crippen molar-refractivity contribution in [2.24, 2.45) is 0 Å². The summed E-state index contributed by atoms with van der Waals surface area (Å²) in [6, 6.07) is 9.10. The van der Waals surface area contributed by atoms with Gasteiger partial charge in [0.1, 0.15) is 5.03 Å². The Kier molecular flexibility index (Phi) is 3.43. The van der Waals surface area contributed by atoms with Crippen molar-refractivity contribution < 1.29 is 9.90 Å². The molecule has 1 amide bonds. The molecule has 0 aromatic heterocycles. The fourth-order valence-corrected chi connectivity index (χ4v) is 2.22. The molecule has 0 spiro atoms. The number of rotatable bonds is 2. The molecule has 90 valence electrons. The summed E-state index contributed by atoms with van der Waals surface area (Å²) in [7, 11) is 0. The van der Waals surface area contributed by atoms with Gasteiger partial charge in [-0.15, -0.1) is 0 Å². The fraction of sp³-hybridized carbons (Fsp3) is 0.250. The van der Waals surface area contributed by atoms with Crippen LogP contribution in [0.5, 0.6) is 0 Å². The summed E-state index contributed by atoms with van der Waals surface area (Å²) in [5.41, 5.74) is 0.913. The van der Waals surface area contributed by atoms with Gasteiger partial charge >= 0.3 is 0 Å². The first kappa shape index (κ1) is 12.4. The Morgan fingerprint density at radius 2 is 1.88 bits per heavy atom. The third-order valence-corrected chi connectivity index (χ3v) is 3.67. The average Bonchev–Trinajstić information content (AvgIpc) is 2.54. The second kappa shape index (κ2) is 4.69. The van der Waals surface area contributed by atoms with E-state index in [-0.39, 0.29) is 16.1 Å². The van der Waals surface area contributed by atoms with E-state index in [9.17, 15) is 9.90 Å². The zero-order valence-corrected chi connectivity index (χ0v) is 10.6. The van der Waals surface area contributed by atoms with Crippen molar-refractivity contribution in [3.8, 4) is 0 Å². The molecule has 0 saturated carbocycles. The van der Waals surface area contributed by atoms with Crippen molar-refractivity contribution >= 4 is 29.1 Å². The Labute approximate surface area is 109 Å². The van der Waals surface area contributed by atoms with Crippen LogP contribution in [0, 0.1) is 0 Å². The summed E-state index contributed by atoms with van der Waals surface area (Å²) in [6.45, 7) is 1.82. The van der Waals surface area contributed by atoms with Crippen LogP contribution in [0.2, 0.25) is 0 Å². The van der Waals surface area contributed by atoms with Crippen molar-refractivity contribution in [3.05, 3.63) is 46.0 Å². The fourth-order valence-electron chi connectivity index (χ4n) is 1.84. The minimum absolute atomic E-state index is 0.0144. The van der Waals surface area contributed by atoms with E-state index in [1.807, 2.05) is 37.3 Å². The Bertz CT molecular complexity index is 473. The first-order chi connectivity index (χ1) is 8.04. The maximum absolute atomic E-state index is 11.8. The SMILES string of the molecule is CC(c1ccccc1)N1C(=O)C(Cl)=C(Cl)C1O. The number of halogens is 2. The molecule has 1 aromatic carbocycles. The van der Waals surface area contributed by atoms with E-state index in [0.29, 0.717) is 0 Å². The van der Waals surface area contributed by atoms with Crippen LogP contribution < -0.4 is 0 Å². The minimum atomic E-state index is -1.16. The number of amides is 1. The summed E-state index contributed by atoms with van der Waals surface area (Å²) < 4.78 is 0. The van der Waals surface area contributed by atoms with Crippen molar-refractivity contribution in [3.63, 3.8) is 0 Å². The highest BCUT2D eigenvalue weighted by Crippen LogP contribution is 2.35. The van der Waals surface area contributed by atoms with Gasteiger partial charge < -0.3 is 10.0 Å². The standard InChI is InChI=1S/C12H11Cl2NO2/c1-7(8-5-3-2-4-6-8)15-11(16)9(13)10(14)12(15)17/h2-7,11,16H,1H3. The van der Waals surface area contributed by atoms with E-state index < -0.39 is 12.1 Å². The molecule has 0 radical (unpaired) electrons. The van der Waals surface area contributed by atoms with Crippen LogP contribution in [0.3, 0.4) is 0 Å². The molecule has 0 saturated heterocycles. The number of aliphatic hydroxyl groups excluding tert-OH is 1. The summed E-state index contributed by atoms with van der Waals surface area (Å²) >= 11 is 11.5. The van der Waals surface area contributed by atoms with Crippen molar-refractivity contribution in [2.75, 3.05) is 0 Å². The van der Waals surface area contributed by atoms with E-state index in [0.717, 1.165) is 5.56 Å². The van der Waals surface area contributed by atoms with Crippen molar-refractivity contribution in [1.29, 1.82) is 0 Å². The lowest BCUT2D eigenvalue weighted by Gasteiger charge is -2.28. The van der Waals surface area contributed by atoms with Crippen LogP contribution >= 0.6 is 23.2 Å². The number of hydrogen-bond donors (Lipinski definition) is 1. The lowest BCUT2D eigenvalue weighted by Crippen LogP contribution is -2.37. The number of hydrogen-bond acceptors (Lipinski definition) is 2. The van der Waals surface area contributed by atoms with Gasteiger partial charge in [-0.05, 0) is 12.5 Å². The Hall–Kier alpha value is -1.03. The van der Waals surface area contributed by atoms with Crippen LogP contribution in [0.25, 0.3) is 0 Å². The highest BCUT2D eigenvalue weighted by molar-refractivity contribution is 6.49. The third-order valence-electron chi connectivity index (χ3n) is 2.82. The van der Waals surface area contributed by atoms with Crippen LogP contribution in [-0.2, 0) is 4.79 Å². The molecule has 0 bridgehead atoms. The summed E-state index contributed by atoms with van der Waals surface area (Å²) in [5, 5.41) is 9.74. The lowest BCUT2D eigenvalue weighted by atomic mass is 10.1. The molecule has 17 heavy (non-hydrogen) atoms. The van der Waals surface area contributed by atoms with Crippen LogP contribution in [0.4, 0.5) is 0 Å². The van der Waals surface area contributed by atoms with Gasteiger partial charge in [0.05, 0.1) is 11.1 Å². The van der Waals surface area contributed by atoms with E-state index in [4.69, 9.17) is 23.2 Å². The van der Waals surface area contributed by atoms with Crippen LogP contribution in [0.1, 0.15) is 18.5 Å². The molecule has 1 aliphatic heterocycles. The molecule has 3 nitrogen and oxygen atoms in total. The summed E-state index contributed by atoms with van der Waals surface area (Å²) in [4.78, 5) is 13.1. The average molecular weight is 272 g/mol. The zero-order chi connectivity index (χ0) is 12.6. The minimum Gasteiger partial charge on any atom is -0.368 e. The molecule has 1 heterocycles. The van der Waals surface area contributed by atoms with Gasteiger partial charge in [0.15, 0.2) is 6.23 Å². The van der Waals surface area contributed by atoms with Crippen LogP contribution in [0.15, 0.2) is 40.4 Å². The number of benzene rings is 1. The van der Waals surface area contributed by atoms with Crippen molar-refractivity contribution in [1.82, 2.24) is 4.90 Å². The first-order valence-corrected chi connectivity index (χ1v) is 5.90. The van der Waals surface area contributed by atoms with E-state index in [1.54, 1.807) is 0 Å². The van der Waals surface area contributed by atoms with Gasteiger partial charge in [-0.3, -0.25) is 4.79 Å². The van der Waals surface area contributed by atoms with Crippen LogP contribution in [-0.4, -0.2) is 22.1 Å². The summed E-state index contributed by atoms with van der Waals surface area (Å²) in [6.07, 6.45) is -1.16. The second-order valence-electron chi connectivity index (χ2n) is 3.83. The van der Waals surface area contributed by atoms with Gasteiger partial charge in [-0.1, -0.05) is 53.5 Å².